The van der Waals surface area contributed by atoms with Gasteiger partial charge in [-0.2, -0.15) is 4.98 Å². The van der Waals surface area contributed by atoms with Gasteiger partial charge in [0.25, 0.3) is 0 Å². The summed E-state index contributed by atoms with van der Waals surface area (Å²) < 4.78 is 4.99. The monoisotopic (exact) mass is 313 g/mol. The zero-order chi connectivity index (χ0) is 16.3. The van der Waals surface area contributed by atoms with Crippen molar-refractivity contribution in [2.75, 3.05) is 20.1 Å². The highest BCUT2D eigenvalue weighted by Crippen LogP contribution is 2.33. The van der Waals surface area contributed by atoms with Crippen LogP contribution in [0.1, 0.15) is 30.6 Å². The smallest absolute Gasteiger partial charge is 0.223 e. The molecule has 23 heavy (non-hydrogen) atoms. The third-order valence-corrected chi connectivity index (χ3v) is 4.43. The fourth-order valence-electron chi connectivity index (χ4n) is 3.12. The molecule has 1 aromatic heterocycles. The average molecular weight is 313 g/mol. The number of hydrogen-bond acceptors (Lipinski definition) is 4. The molecule has 1 fully saturated rings. The topological polar surface area (TPSA) is 66.5 Å². The number of guanidine groups is 1. The maximum Gasteiger partial charge on any atom is 0.223 e. The van der Waals surface area contributed by atoms with E-state index in [1.54, 1.807) is 6.92 Å². The molecule has 0 radical (unpaired) electrons. The highest BCUT2D eigenvalue weighted by Gasteiger charge is 2.36. The maximum absolute atomic E-state index is 4.99. The Morgan fingerprint density at radius 2 is 2.17 bits per heavy atom. The summed E-state index contributed by atoms with van der Waals surface area (Å²) in [5.74, 6) is 2.11. The maximum atomic E-state index is 4.99. The van der Waals surface area contributed by atoms with Gasteiger partial charge in [-0.15, -0.1) is 0 Å². The van der Waals surface area contributed by atoms with E-state index in [-0.39, 0.29) is 5.41 Å². The Balaban J connectivity index is 1.64. The zero-order valence-electron chi connectivity index (χ0n) is 13.9. The number of benzene rings is 1. The van der Waals surface area contributed by atoms with Crippen molar-refractivity contribution < 1.29 is 4.52 Å². The fraction of sp³-hybridized carbons (Fsp3) is 0.471. The van der Waals surface area contributed by atoms with Crippen LogP contribution in [-0.4, -0.2) is 41.1 Å². The van der Waals surface area contributed by atoms with Crippen LogP contribution in [0.3, 0.4) is 0 Å². The molecule has 6 heteroatoms. The van der Waals surface area contributed by atoms with Gasteiger partial charge >= 0.3 is 0 Å². The average Bonchev–Trinajstić information content (AvgIpc) is 3.16. The number of hydrogen-bond donors (Lipinski definition) is 1. The summed E-state index contributed by atoms with van der Waals surface area (Å²) in [6, 6.07) is 10.7. The summed E-state index contributed by atoms with van der Waals surface area (Å²) in [5, 5.41) is 7.22. The van der Waals surface area contributed by atoms with E-state index in [1.807, 2.05) is 7.05 Å². The van der Waals surface area contributed by atoms with E-state index in [2.05, 4.69) is 62.6 Å². The van der Waals surface area contributed by atoms with Gasteiger partial charge in [-0.1, -0.05) is 42.4 Å². The summed E-state index contributed by atoms with van der Waals surface area (Å²) in [7, 11) is 1.81. The first-order valence-corrected chi connectivity index (χ1v) is 7.91. The van der Waals surface area contributed by atoms with Crippen molar-refractivity contribution in [3.63, 3.8) is 0 Å². The third kappa shape index (κ3) is 3.36. The van der Waals surface area contributed by atoms with E-state index < -0.39 is 0 Å². The van der Waals surface area contributed by atoms with E-state index >= 15 is 0 Å². The van der Waals surface area contributed by atoms with Crippen LogP contribution < -0.4 is 5.32 Å². The number of nitrogens with zero attached hydrogens (tertiary/aromatic N) is 4. The van der Waals surface area contributed by atoms with Crippen molar-refractivity contribution in [2.24, 2.45) is 4.99 Å². The van der Waals surface area contributed by atoms with Gasteiger partial charge < -0.3 is 14.7 Å². The molecule has 0 aliphatic carbocycles. The van der Waals surface area contributed by atoms with Gasteiger partial charge in [-0.05, 0) is 12.0 Å². The molecule has 3 rings (SSSR count). The van der Waals surface area contributed by atoms with Gasteiger partial charge in [0, 0.05) is 32.5 Å². The molecule has 1 aliphatic rings. The molecule has 122 valence electrons. The Hall–Kier alpha value is -2.37. The van der Waals surface area contributed by atoms with Gasteiger partial charge in [0.05, 0.1) is 6.54 Å². The van der Waals surface area contributed by atoms with Crippen LogP contribution in [0.25, 0.3) is 0 Å². The first-order valence-electron chi connectivity index (χ1n) is 7.91. The van der Waals surface area contributed by atoms with Crippen LogP contribution >= 0.6 is 0 Å². The Labute approximate surface area is 136 Å². The minimum atomic E-state index is 0.154. The second-order valence-electron chi connectivity index (χ2n) is 6.23. The van der Waals surface area contributed by atoms with Crippen LogP contribution in [0.5, 0.6) is 0 Å². The first kappa shape index (κ1) is 15.5. The second-order valence-corrected chi connectivity index (χ2v) is 6.23. The normalized spacial score (nSPS) is 21.7. The van der Waals surface area contributed by atoms with Crippen molar-refractivity contribution >= 4 is 5.96 Å². The van der Waals surface area contributed by atoms with Gasteiger partial charge in [-0.3, -0.25) is 4.99 Å². The Morgan fingerprint density at radius 1 is 1.39 bits per heavy atom. The highest BCUT2D eigenvalue weighted by atomic mass is 16.5. The van der Waals surface area contributed by atoms with Crippen molar-refractivity contribution in [3.05, 3.63) is 47.6 Å². The zero-order valence-corrected chi connectivity index (χ0v) is 13.9. The molecule has 2 aromatic rings. The lowest BCUT2D eigenvalue weighted by molar-refractivity contribution is 0.385. The second kappa shape index (κ2) is 6.40. The van der Waals surface area contributed by atoms with Crippen LogP contribution in [0, 0.1) is 6.92 Å². The van der Waals surface area contributed by atoms with E-state index in [9.17, 15) is 0 Å². The quantitative estimate of drug-likeness (QED) is 0.694. The molecule has 1 N–H and O–H groups in total. The molecule has 1 unspecified atom stereocenters. The molecular weight excluding hydrogens is 290 g/mol. The minimum absolute atomic E-state index is 0.154. The molecule has 1 saturated heterocycles. The van der Waals surface area contributed by atoms with E-state index in [0.29, 0.717) is 18.3 Å². The molecule has 0 spiro atoms. The van der Waals surface area contributed by atoms with Crippen molar-refractivity contribution in [2.45, 2.75) is 32.2 Å². The highest BCUT2D eigenvalue weighted by molar-refractivity contribution is 5.80. The fourth-order valence-corrected chi connectivity index (χ4v) is 3.12. The summed E-state index contributed by atoms with van der Waals surface area (Å²) >= 11 is 0. The summed E-state index contributed by atoms with van der Waals surface area (Å²) in [6.45, 7) is 6.55. The van der Waals surface area contributed by atoms with Gasteiger partial charge in [0.2, 0.25) is 5.89 Å². The lowest BCUT2D eigenvalue weighted by atomic mass is 9.82. The van der Waals surface area contributed by atoms with Crippen LogP contribution in [0.2, 0.25) is 0 Å². The number of aryl methyl sites for hydroxylation is 1. The predicted molar refractivity (Wildman–Crippen MR) is 89.2 cm³/mol. The molecule has 6 nitrogen and oxygen atoms in total. The first-order chi connectivity index (χ1) is 11.1. The van der Waals surface area contributed by atoms with Gasteiger partial charge in [0.1, 0.15) is 0 Å². The summed E-state index contributed by atoms with van der Waals surface area (Å²) in [5.41, 5.74) is 1.54. The number of rotatable bonds is 3. The molecule has 0 amide bonds. The van der Waals surface area contributed by atoms with E-state index in [4.69, 9.17) is 4.52 Å². The van der Waals surface area contributed by atoms with Crippen molar-refractivity contribution in [3.8, 4) is 0 Å². The number of aromatic nitrogens is 2. The molecule has 2 heterocycles. The molecular formula is C17H23N5O. The van der Waals surface area contributed by atoms with E-state index in [0.717, 1.165) is 25.5 Å². The Kier molecular flexibility index (Phi) is 4.32. The number of aliphatic imine (C=N–C) groups is 1. The van der Waals surface area contributed by atoms with Crippen molar-refractivity contribution in [1.82, 2.24) is 20.4 Å². The lowest BCUT2D eigenvalue weighted by Gasteiger charge is -2.26. The standard InChI is InChI=1S/C17H23N5O/c1-13-20-15(21-23-13)11-19-16(18-3)22-10-9-17(2,12-22)14-7-5-4-6-8-14/h4-8H,9-12H2,1-3H3,(H,18,19). The largest absolute Gasteiger partial charge is 0.349 e. The number of likely N-dealkylation sites (tertiary alicyclic amines) is 1. The van der Waals surface area contributed by atoms with Crippen LogP contribution in [-0.2, 0) is 12.0 Å². The van der Waals surface area contributed by atoms with Crippen LogP contribution in [0.15, 0.2) is 39.8 Å². The van der Waals surface area contributed by atoms with E-state index in [1.165, 1.54) is 5.56 Å². The van der Waals surface area contributed by atoms with Gasteiger partial charge in [0.15, 0.2) is 11.8 Å². The molecule has 1 atom stereocenters. The Morgan fingerprint density at radius 3 is 2.83 bits per heavy atom. The molecule has 0 saturated carbocycles. The minimum Gasteiger partial charge on any atom is -0.349 e. The Bertz CT molecular complexity index is 681. The summed E-state index contributed by atoms with van der Waals surface area (Å²) in [6.07, 6.45) is 1.11. The SMILES string of the molecule is CN=C(NCc1noc(C)n1)N1CCC(C)(c2ccccc2)C1. The van der Waals surface area contributed by atoms with Crippen LogP contribution in [0.4, 0.5) is 0 Å². The molecule has 1 aromatic carbocycles. The molecule has 0 bridgehead atoms. The predicted octanol–water partition coefficient (Wildman–Crippen LogP) is 2.12. The lowest BCUT2D eigenvalue weighted by Crippen LogP contribution is -2.41. The third-order valence-electron chi connectivity index (χ3n) is 4.43. The van der Waals surface area contributed by atoms with Gasteiger partial charge in [-0.25, -0.2) is 0 Å². The van der Waals surface area contributed by atoms with Crippen molar-refractivity contribution in [1.29, 1.82) is 0 Å². The summed E-state index contributed by atoms with van der Waals surface area (Å²) in [4.78, 5) is 10.9. The number of nitrogens with one attached hydrogen (secondary N) is 1. The molecule has 1 aliphatic heterocycles.